The first-order valence-electron chi connectivity index (χ1n) is 5.01. The fourth-order valence-corrected chi connectivity index (χ4v) is 2.23. The van der Waals surface area contributed by atoms with Crippen LogP contribution in [0.4, 0.5) is 0 Å². The summed E-state index contributed by atoms with van der Waals surface area (Å²) in [5.41, 5.74) is 0.625. The van der Waals surface area contributed by atoms with Crippen LogP contribution in [0.15, 0.2) is 30.2 Å². The molecule has 0 bridgehead atoms. The third-order valence-corrected chi connectivity index (χ3v) is 3.14. The van der Waals surface area contributed by atoms with E-state index in [0.29, 0.717) is 18.7 Å². The molecular formula is C11H11N3O2S. The first-order valence-corrected chi connectivity index (χ1v) is 5.89. The minimum Gasteiger partial charge on any atom is -0.476 e. The summed E-state index contributed by atoms with van der Waals surface area (Å²) >= 11 is 1.58. The van der Waals surface area contributed by atoms with Crippen molar-refractivity contribution in [1.29, 1.82) is 0 Å². The number of carboxylic acid groups (broad SMARTS) is 1. The number of carbonyl (C=O) groups is 1. The molecule has 2 heterocycles. The van der Waals surface area contributed by atoms with Gasteiger partial charge in [-0.3, -0.25) is 0 Å². The molecule has 0 radical (unpaired) electrons. The fraction of sp³-hybridized carbons (Fsp3) is 0.182. The molecule has 2 aromatic rings. The van der Waals surface area contributed by atoms with Gasteiger partial charge in [-0.2, -0.15) is 0 Å². The molecule has 0 saturated carbocycles. The van der Waals surface area contributed by atoms with E-state index in [1.165, 1.54) is 0 Å². The molecule has 2 aromatic heterocycles. The van der Waals surface area contributed by atoms with Gasteiger partial charge in [0.1, 0.15) is 0 Å². The molecule has 0 aliphatic carbocycles. The minimum absolute atomic E-state index is 0.0141. The van der Waals surface area contributed by atoms with Crippen LogP contribution in [-0.2, 0) is 13.0 Å². The third kappa shape index (κ3) is 2.42. The lowest BCUT2D eigenvalue weighted by Crippen LogP contribution is -2.07. The van der Waals surface area contributed by atoms with Crippen LogP contribution in [0.2, 0.25) is 0 Å². The van der Waals surface area contributed by atoms with Crippen molar-refractivity contribution in [3.8, 4) is 0 Å². The van der Waals surface area contributed by atoms with Gasteiger partial charge in [-0.1, -0.05) is 17.4 Å². The summed E-state index contributed by atoms with van der Waals surface area (Å²) in [5.74, 6) is -1.05. The monoisotopic (exact) mass is 249 g/mol. The van der Waals surface area contributed by atoms with Gasteiger partial charge in [-0.25, -0.2) is 9.48 Å². The number of rotatable bonds is 5. The number of aromatic nitrogens is 3. The molecule has 0 unspecified atom stereocenters. The maximum Gasteiger partial charge on any atom is 0.358 e. The van der Waals surface area contributed by atoms with Gasteiger partial charge in [0.2, 0.25) is 0 Å². The van der Waals surface area contributed by atoms with Gasteiger partial charge in [0, 0.05) is 11.3 Å². The van der Waals surface area contributed by atoms with Gasteiger partial charge in [0.25, 0.3) is 0 Å². The van der Waals surface area contributed by atoms with Gasteiger partial charge >= 0.3 is 5.97 Å². The number of allylic oxidation sites excluding steroid dienone is 1. The Balaban J connectivity index is 2.37. The zero-order chi connectivity index (χ0) is 12.3. The number of carboxylic acids is 1. The van der Waals surface area contributed by atoms with Gasteiger partial charge in [-0.05, 0) is 11.4 Å². The average Bonchev–Trinajstić information content (AvgIpc) is 2.90. The molecule has 0 saturated heterocycles. The normalized spacial score (nSPS) is 10.4. The molecule has 0 aliphatic heterocycles. The molecule has 0 fully saturated rings. The van der Waals surface area contributed by atoms with Crippen molar-refractivity contribution in [3.05, 3.63) is 46.4 Å². The second-order valence-electron chi connectivity index (χ2n) is 3.42. The third-order valence-electron chi connectivity index (χ3n) is 2.26. The van der Waals surface area contributed by atoms with Gasteiger partial charge in [0.15, 0.2) is 5.69 Å². The van der Waals surface area contributed by atoms with Crippen LogP contribution >= 0.6 is 11.3 Å². The zero-order valence-corrected chi connectivity index (χ0v) is 9.85. The van der Waals surface area contributed by atoms with Crippen LogP contribution in [0.5, 0.6) is 0 Å². The van der Waals surface area contributed by atoms with E-state index >= 15 is 0 Å². The lowest BCUT2D eigenvalue weighted by Gasteiger charge is -2.02. The molecule has 2 rings (SSSR count). The summed E-state index contributed by atoms with van der Waals surface area (Å²) in [6.45, 7) is 4.07. The lowest BCUT2D eigenvalue weighted by atomic mass is 10.2. The fourth-order valence-electron chi connectivity index (χ4n) is 1.52. The highest BCUT2D eigenvalue weighted by Crippen LogP contribution is 2.17. The largest absolute Gasteiger partial charge is 0.476 e. The van der Waals surface area contributed by atoms with E-state index in [-0.39, 0.29) is 5.69 Å². The van der Waals surface area contributed by atoms with Gasteiger partial charge in [-0.15, -0.1) is 23.0 Å². The summed E-state index contributed by atoms with van der Waals surface area (Å²) in [7, 11) is 0. The molecule has 0 amide bonds. The highest BCUT2D eigenvalue weighted by Gasteiger charge is 2.18. The highest BCUT2D eigenvalue weighted by molar-refractivity contribution is 7.09. The van der Waals surface area contributed by atoms with Crippen LogP contribution < -0.4 is 0 Å². The Morgan fingerprint density at radius 3 is 3.06 bits per heavy atom. The van der Waals surface area contributed by atoms with Crippen LogP contribution in [0, 0.1) is 0 Å². The van der Waals surface area contributed by atoms with E-state index in [0.717, 1.165) is 4.88 Å². The first-order chi connectivity index (χ1) is 8.22. The number of hydrogen-bond acceptors (Lipinski definition) is 4. The van der Waals surface area contributed by atoms with Crippen molar-refractivity contribution < 1.29 is 9.90 Å². The molecule has 88 valence electrons. The summed E-state index contributed by atoms with van der Waals surface area (Å²) in [4.78, 5) is 12.1. The van der Waals surface area contributed by atoms with E-state index in [1.807, 2.05) is 17.5 Å². The van der Waals surface area contributed by atoms with Crippen molar-refractivity contribution in [3.63, 3.8) is 0 Å². The Kier molecular flexibility index (Phi) is 3.34. The number of thiophene rings is 1. The van der Waals surface area contributed by atoms with Crippen molar-refractivity contribution in [2.24, 2.45) is 0 Å². The van der Waals surface area contributed by atoms with Crippen LogP contribution in [0.1, 0.15) is 21.1 Å². The SMILES string of the molecule is C=CCn1nnc(C(=O)O)c1Cc1cccs1. The molecule has 17 heavy (non-hydrogen) atoms. The second kappa shape index (κ2) is 4.92. The lowest BCUT2D eigenvalue weighted by molar-refractivity contribution is 0.0689. The van der Waals surface area contributed by atoms with Crippen molar-refractivity contribution in [2.75, 3.05) is 0 Å². The van der Waals surface area contributed by atoms with Crippen molar-refractivity contribution >= 4 is 17.3 Å². The van der Waals surface area contributed by atoms with Crippen molar-refractivity contribution in [1.82, 2.24) is 15.0 Å². The van der Waals surface area contributed by atoms with Crippen LogP contribution in [0.3, 0.4) is 0 Å². The Hall–Kier alpha value is -1.95. The Morgan fingerprint density at radius 2 is 2.47 bits per heavy atom. The highest BCUT2D eigenvalue weighted by atomic mass is 32.1. The first kappa shape index (κ1) is 11.5. The molecule has 6 heteroatoms. The van der Waals surface area contributed by atoms with Crippen LogP contribution in [0.25, 0.3) is 0 Å². The molecule has 1 N–H and O–H groups in total. The van der Waals surface area contributed by atoms with Crippen molar-refractivity contribution in [2.45, 2.75) is 13.0 Å². The predicted octanol–water partition coefficient (Wildman–Crippen LogP) is 1.81. The average molecular weight is 249 g/mol. The van der Waals surface area contributed by atoms with Crippen LogP contribution in [-0.4, -0.2) is 26.1 Å². The molecule has 0 aromatic carbocycles. The maximum atomic E-state index is 11.0. The minimum atomic E-state index is -1.05. The predicted molar refractivity (Wildman–Crippen MR) is 64.3 cm³/mol. The maximum absolute atomic E-state index is 11.0. The Morgan fingerprint density at radius 1 is 1.65 bits per heavy atom. The number of aromatic carboxylic acids is 1. The second-order valence-corrected chi connectivity index (χ2v) is 4.45. The molecule has 5 nitrogen and oxygen atoms in total. The quantitative estimate of drug-likeness (QED) is 0.821. The standard InChI is InChI=1S/C11H11N3O2S/c1-2-5-14-9(7-8-4-3-6-17-8)10(11(15)16)12-13-14/h2-4,6H,1,5,7H2,(H,15,16). The zero-order valence-electron chi connectivity index (χ0n) is 9.04. The number of nitrogens with zero attached hydrogens (tertiary/aromatic N) is 3. The Labute approximate surface area is 102 Å². The topological polar surface area (TPSA) is 68.0 Å². The van der Waals surface area contributed by atoms with E-state index in [2.05, 4.69) is 16.9 Å². The molecule has 0 atom stereocenters. The van der Waals surface area contributed by atoms with E-state index < -0.39 is 5.97 Å². The van der Waals surface area contributed by atoms with E-state index in [4.69, 9.17) is 5.11 Å². The smallest absolute Gasteiger partial charge is 0.358 e. The molecule has 0 aliphatic rings. The summed E-state index contributed by atoms with van der Waals surface area (Å²) in [6, 6.07) is 3.89. The van der Waals surface area contributed by atoms with Gasteiger partial charge in [0.05, 0.1) is 12.2 Å². The van der Waals surface area contributed by atoms with E-state index in [1.54, 1.807) is 22.1 Å². The number of hydrogen-bond donors (Lipinski definition) is 1. The summed E-state index contributed by atoms with van der Waals surface area (Å²) in [6.07, 6.45) is 2.19. The summed E-state index contributed by atoms with van der Waals surface area (Å²) in [5, 5.41) is 18.5. The van der Waals surface area contributed by atoms with Gasteiger partial charge < -0.3 is 5.11 Å². The molecular weight excluding hydrogens is 238 g/mol. The molecule has 0 spiro atoms. The van der Waals surface area contributed by atoms with E-state index in [9.17, 15) is 4.79 Å². The Bertz CT molecular complexity index is 531. The summed E-state index contributed by atoms with van der Waals surface area (Å²) < 4.78 is 1.57.